The summed E-state index contributed by atoms with van der Waals surface area (Å²) < 4.78 is 2.20. The first-order valence-corrected chi connectivity index (χ1v) is 15.1. The van der Waals surface area contributed by atoms with Gasteiger partial charge in [0.15, 0.2) is 0 Å². The molecule has 5 nitrogen and oxygen atoms in total. The van der Waals surface area contributed by atoms with Gasteiger partial charge in [0, 0.05) is 34.9 Å². The molecule has 0 radical (unpaired) electrons. The van der Waals surface area contributed by atoms with Gasteiger partial charge >= 0.3 is 0 Å². The van der Waals surface area contributed by atoms with Gasteiger partial charge in [-0.05, 0) is 87.4 Å². The topological polar surface area (TPSA) is 55.6 Å². The largest absolute Gasteiger partial charge is 0.379 e. The van der Waals surface area contributed by atoms with E-state index in [1.165, 1.54) is 27.1 Å². The molecule has 1 aliphatic heterocycles. The highest BCUT2D eigenvalue weighted by molar-refractivity contribution is 6.14. The number of pyridine rings is 3. The minimum atomic E-state index is -0.0288. The summed E-state index contributed by atoms with van der Waals surface area (Å²) in [5, 5.41) is 10.7. The number of nitrogens with zero attached hydrogens (tertiary/aromatic N) is 4. The van der Waals surface area contributed by atoms with E-state index in [2.05, 4.69) is 136 Å². The van der Waals surface area contributed by atoms with Gasteiger partial charge in [-0.1, -0.05) is 78.9 Å². The lowest BCUT2D eigenvalue weighted by Crippen LogP contribution is -2.16. The fraction of sp³-hybridized carbons (Fsp3) is 0.0250. The number of hydrogen-bond acceptors (Lipinski definition) is 4. The molecule has 45 heavy (non-hydrogen) atoms. The summed E-state index contributed by atoms with van der Waals surface area (Å²) in [7, 11) is 0. The average molecular weight is 578 g/mol. The van der Waals surface area contributed by atoms with E-state index in [4.69, 9.17) is 9.97 Å². The van der Waals surface area contributed by atoms with Gasteiger partial charge in [-0.15, -0.1) is 0 Å². The molecular formula is C40H27N5. The van der Waals surface area contributed by atoms with Crippen LogP contribution in [0.3, 0.4) is 0 Å². The molecule has 4 aromatic carbocycles. The summed E-state index contributed by atoms with van der Waals surface area (Å²) in [6, 6.07) is 38.6. The van der Waals surface area contributed by atoms with Crippen molar-refractivity contribution in [3.8, 4) is 28.2 Å². The van der Waals surface area contributed by atoms with Gasteiger partial charge in [-0.2, -0.15) is 0 Å². The van der Waals surface area contributed by atoms with Crippen LogP contribution in [0.5, 0.6) is 0 Å². The van der Waals surface area contributed by atoms with E-state index in [0.717, 1.165) is 50.1 Å². The summed E-state index contributed by atoms with van der Waals surface area (Å²) in [6.45, 7) is 0. The highest BCUT2D eigenvalue weighted by atomic mass is 15.1. The zero-order valence-corrected chi connectivity index (χ0v) is 24.3. The maximum atomic E-state index is 5.18. The van der Waals surface area contributed by atoms with E-state index in [1.54, 1.807) is 0 Å². The molecule has 9 rings (SSSR count). The van der Waals surface area contributed by atoms with Crippen molar-refractivity contribution in [3.63, 3.8) is 0 Å². The lowest BCUT2D eigenvalue weighted by atomic mass is 9.92. The Morgan fingerprint density at radius 2 is 1.42 bits per heavy atom. The minimum Gasteiger partial charge on any atom is -0.379 e. The summed E-state index contributed by atoms with van der Waals surface area (Å²) in [5.41, 5.74) is 7.31. The quantitative estimate of drug-likeness (QED) is 0.212. The van der Waals surface area contributed by atoms with Crippen molar-refractivity contribution in [2.45, 2.75) is 6.04 Å². The highest BCUT2D eigenvalue weighted by Gasteiger charge is 2.17. The normalized spacial score (nSPS) is 14.4. The Labute approximate surface area is 259 Å². The maximum Gasteiger partial charge on any atom is 0.137 e. The molecule has 0 aliphatic carbocycles. The number of rotatable bonds is 4. The number of allylic oxidation sites excluding steroid dienone is 2. The van der Waals surface area contributed by atoms with Crippen LogP contribution in [-0.4, -0.2) is 19.5 Å². The number of fused-ring (bicyclic) bond motifs is 6. The second kappa shape index (κ2) is 10.3. The summed E-state index contributed by atoms with van der Waals surface area (Å²) in [4.78, 5) is 14.6. The number of dihydropyridines is 1. The molecule has 1 aliphatic rings. The van der Waals surface area contributed by atoms with Gasteiger partial charge in [0.2, 0.25) is 0 Å². The predicted octanol–water partition coefficient (Wildman–Crippen LogP) is 9.32. The summed E-state index contributed by atoms with van der Waals surface area (Å²) in [5.74, 6) is 0.857. The van der Waals surface area contributed by atoms with Crippen LogP contribution in [0.1, 0.15) is 11.7 Å². The van der Waals surface area contributed by atoms with E-state index in [1.807, 2.05) is 30.9 Å². The number of aromatic nitrogens is 4. The lowest BCUT2D eigenvalue weighted by molar-refractivity contribution is 0.722. The molecule has 0 saturated heterocycles. The molecule has 4 aromatic heterocycles. The smallest absolute Gasteiger partial charge is 0.137 e. The zero-order valence-electron chi connectivity index (χ0n) is 24.3. The monoisotopic (exact) mass is 577 g/mol. The third-order valence-electron chi connectivity index (χ3n) is 8.78. The van der Waals surface area contributed by atoms with Crippen LogP contribution in [-0.2, 0) is 0 Å². The van der Waals surface area contributed by atoms with Crippen molar-refractivity contribution >= 4 is 43.4 Å². The number of nitrogens with one attached hydrogen (secondary N) is 1. The SMILES string of the molecule is C1=CNC(c2cc(-c3cc4ccccc4c4ccccc34)cc(-c3ccc(-n4c5ccccc5c5cnccc54)nc3)n2)C=C1. The van der Waals surface area contributed by atoms with Crippen molar-refractivity contribution < 1.29 is 0 Å². The van der Waals surface area contributed by atoms with Crippen molar-refractivity contribution in [1.82, 2.24) is 24.8 Å². The van der Waals surface area contributed by atoms with Crippen molar-refractivity contribution in [2.24, 2.45) is 0 Å². The molecule has 1 atom stereocenters. The Morgan fingerprint density at radius 3 is 2.27 bits per heavy atom. The van der Waals surface area contributed by atoms with Crippen molar-refractivity contribution in [3.05, 3.63) is 158 Å². The fourth-order valence-corrected chi connectivity index (χ4v) is 6.67. The van der Waals surface area contributed by atoms with Crippen LogP contribution < -0.4 is 5.32 Å². The number of hydrogen-bond donors (Lipinski definition) is 1. The first-order chi connectivity index (χ1) is 22.3. The molecule has 0 bridgehead atoms. The third kappa shape index (κ3) is 4.20. The molecular weight excluding hydrogens is 550 g/mol. The van der Waals surface area contributed by atoms with Gasteiger partial charge in [0.25, 0.3) is 0 Å². The van der Waals surface area contributed by atoms with E-state index in [0.29, 0.717) is 0 Å². The van der Waals surface area contributed by atoms with E-state index < -0.39 is 0 Å². The molecule has 0 spiro atoms. The van der Waals surface area contributed by atoms with E-state index >= 15 is 0 Å². The Morgan fingerprint density at radius 1 is 0.622 bits per heavy atom. The van der Waals surface area contributed by atoms with Gasteiger partial charge in [0.05, 0.1) is 28.5 Å². The number of benzene rings is 4. The first kappa shape index (κ1) is 25.4. The molecule has 8 aromatic rings. The Balaban J connectivity index is 1.22. The van der Waals surface area contributed by atoms with Crippen LogP contribution in [0.2, 0.25) is 0 Å². The van der Waals surface area contributed by atoms with Crippen LogP contribution >= 0.6 is 0 Å². The van der Waals surface area contributed by atoms with Gasteiger partial charge in [-0.25, -0.2) is 4.98 Å². The summed E-state index contributed by atoms with van der Waals surface area (Å²) in [6.07, 6.45) is 13.9. The molecule has 5 heterocycles. The Kier molecular flexibility index (Phi) is 5.81. The highest BCUT2D eigenvalue weighted by Crippen LogP contribution is 2.38. The van der Waals surface area contributed by atoms with Crippen LogP contribution in [0, 0.1) is 0 Å². The molecule has 212 valence electrons. The standard InChI is InChI=1S/C40H27N5/c1-2-10-29-26(9-1)21-33(31-12-4-3-11-30(29)31)28-22-36(44-37(23-28)35-14-7-8-19-42-35)27-16-17-40(43-24-27)45-38-15-6-5-13-32(38)34-25-41-20-18-39(34)45/h1-25,35,42H. The van der Waals surface area contributed by atoms with E-state index in [9.17, 15) is 0 Å². The molecule has 0 fully saturated rings. The lowest BCUT2D eigenvalue weighted by Gasteiger charge is -2.19. The van der Waals surface area contributed by atoms with Crippen LogP contribution in [0.25, 0.3) is 71.6 Å². The van der Waals surface area contributed by atoms with Crippen molar-refractivity contribution in [1.29, 1.82) is 0 Å². The summed E-state index contributed by atoms with van der Waals surface area (Å²) >= 11 is 0. The second-order valence-corrected chi connectivity index (χ2v) is 11.4. The molecule has 0 amide bonds. The molecule has 0 saturated carbocycles. The second-order valence-electron chi connectivity index (χ2n) is 11.4. The van der Waals surface area contributed by atoms with E-state index in [-0.39, 0.29) is 6.04 Å². The third-order valence-corrected chi connectivity index (χ3v) is 8.78. The minimum absolute atomic E-state index is 0.0288. The maximum absolute atomic E-state index is 5.18. The zero-order chi connectivity index (χ0) is 29.7. The fourth-order valence-electron chi connectivity index (χ4n) is 6.67. The Hall–Kier alpha value is -6.07. The van der Waals surface area contributed by atoms with Crippen LogP contribution in [0.15, 0.2) is 152 Å². The van der Waals surface area contributed by atoms with Gasteiger partial charge < -0.3 is 5.32 Å². The molecule has 1 unspecified atom stereocenters. The predicted molar refractivity (Wildman–Crippen MR) is 184 cm³/mol. The van der Waals surface area contributed by atoms with Gasteiger partial charge in [0.1, 0.15) is 5.82 Å². The van der Waals surface area contributed by atoms with Crippen molar-refractivity contribution in [2.75, 3.05) is 0 Å². The number of para-hydroxylation sites is 1. The van der Waals surface area contributed by atoms with Crippen LogP contribution in [0.4, 0.5) is 0 Å². The first-order valence-electron chi connectivity index (χ1n) is 15.1. The molecule has 5 heteroatoms. The average Bonchev–Trinajstić information content (AvgIpc) is 3.46. The van der Waals surface area contributed by atoms with Gasteiger partial charge in [-0.3, -0.25) is 14.5 Å². The Bertz CT molecular complexity index is 2420. The molecule has 1 N–H and O–H groups in total.